The highest BCUT2D eigenvalue weighted by Gasteiger charge is 2.49. The summed E-state index contributed by atoms with van der Waals surface area (Å²) in [6.45, 7) is 0.572. The van der Waals surface area contributed by atoms with Gasteiger partial charge in [0.2, 0.25) is 5.91 Å². The molecule has 0 aliphatic heterocycles. The maximum Gasteiger partial charge on any atom is 0.326 e. The highest BCUT2D eigenvalue weighted by atomic mass is 16.5. The van der Waals surface area contributed by atoms with Crippen molar-refractivity contribution < 1.29 is 19.4 Å². The molecule has 0 radical (unpaired) electrons. The lowest BCUT2D eigenvalue weighted by molar-refractivity contribution is -0.143. The lowest BCUT2D eigenvalue weighted by Crippen LogP contribution is -2.46. The molecule has 1 amide bonds. The van der Waals surface area contributed by atoms with Crippen molar-refractivity contribution in [1.82, 2.24) is 5.32 Å². The standard InChI is InChI=1S/C10H18N2O4/c1-16-5-2-7(8(13)14)12-9(15)10(6-11)3-4-10/h7H,2-6,11H2,1H3,(H,12,15)(H,13,14). The maximum atomic E-state index is 11.7. The first-order chi connectivity index (χ1) is 7.55. The molecule has 1 aliphatic carbocycles. The number of rotatable bonds is 7. The fourth-order valence-corrected chi connectivity index (χ4v) is 1.48. The van der Waals surface area contributed by atoms with Gasteiger partial charge in [-0.2, -0.15) is 0 Å². The Balaban J connectivity index is 2.48. The van der Waals surface area contributed by atoms with E-state index >= 15 is 0 Å². The van der Waals surface area contributed by atoms with Crippen LogP contribution in [-0.2, 0) is 14.3 Å². The van der Waals surface area contributed by atoms with E-state index in [1.807, 2.05) is 0 Å². The Labute approximate surface area is 94.1 Å². The summed E-state index contributed by atoms with van der Waals surface area (Å²) in [6.07, 6.45) is 1.75. The Morgan fingerprint density at radius 3 is 2.56 bits per heavy atom. The van der Waals surface area contributed by atoms with Crippen LogP contribution in [0.3, 0.4) is 0 Å². The summed E-state index contributed by atoms with van der Waals surface area (Å²) in [5.41, 5.74) is 4.98. The summed E-state index contributed by atoms with van der Waals surface area (Å²) in [7, 11) is 1.49. The first-order valence-electron chi connectivity index (χ1n) is 5.28. The molecule has 16 heavy (non-hydrogen) atoms. The number of hydrogen-bond acceptors (Lipinski definition) is 4. The van der Waals surface area contributed by atoms with Gasteiger partial charge in [0, 0.05) is 26.7 Å². The molecule has 0 saturated heterocycles. The molecule has 4 N–H and O–H groups in total. The number of carboxylic acid groups (broad SMARTS) is 1. The Morgan fingerprint density at radius 2 is 2.19 bits per heavy atom. The van der Waals surface area contributed by atoms with Crippen LogP contribution in [0, 0.1) is 5.41 Å². The number of amides is 1. The molecule has 1 unspecified atom stereocenters. The zero-order valence-electron chi connectivity index (χ0n) is 9.36. The van der Waals surface area contributed by atoms with Gasteiger partial charge in [-0.3, -0.25) is 4.79 Å². The first-order valence-corrected chi connectivity index (χ1v) is 5.28. The molecule has 1 fully saturated rings. The molecule has 1 aliphatic rings. The van der Waals surface area contributed by atoms with Gasteiger partial charge in [0.25, 0.3) is 0 Å². The van der Waals surface area contributed by atoms with E-state index in [2.05, 4.69) is 5.32 Å². The van der Waals surface area contributed by atoms with Crippen LogP contribution in [0.4, 0.5) is 0 Å². The summed E-state index contributed by atoms with van der Waals surface area (Å²) in [6, 6.07) is -0.892. The molecule has 0 aromatic carbocycles. The van der Waals surface area contributed by atoms with Crippen LogP contribution in [-0.4, -0.2) is 43.3 Å². The molecule has 0 spiro atoms. The predicted octanol–water partition coefficient (Wildman–Crippen LogP) is -0.669. The van der Waals surface area contributed by atoms with Gasteiger partial charge in [-0.25, -0.2) is 4.79 Å². The number of hydrogen-bond donors (Lipinski definition) is 3. The van der Waals surface area contributed by atoms with E-state index in [1.165, 1.54) is 7.11 Å². The van der Waals surface area contributed by atoms with Gasteiger partial charge in [-0.15, -0.1) is 0 Å². The summed E-state index contributed by atoms with van der Waals surface area (Å²) in [4.78, 5) is 22.6. The number of carbonyl (C=O) groups is 2. The third kappa shape index (κ3) is 2.93. The van der Waals surface area contributed by atoms with Crippen LogP contribution in [0.15, 0.2) is 0 Å². The fraction of sp³-hybridized carbons (Fsp3) is 0.800. The molecule has 92 valence electrons. The Kier molecular flexibility index (Phi) is 4.26. The van der Waals surface area contributed by atoms with Crippen molar-refractivity contribution in [2.75, 3.05) is 20.3 Å². The molecule has 0 heterocycles. The summed E-state index contributed by atoms with van der Waals surface area (Å²) < 4.78 is 4.79. The smallest absolute Gasteiger partial charge is 0.326 e. The normalized spacial score (nSPS) is 18.9. The van der Waals surface area contributed by atoms with E-state index < -0.39 is 17.4 Å². The molecular weight excluding hydrogens is 212 g/mol. The van der Waals surface area contributed by atoms with Gasteiger partial charge in [0.15, 0.2) is 0 Å². The number of carbonyl (C=O) groups excluding carboxylic acids is 1. The molecule has 0 bridgehead atoms. The number of nitrogens with one attached hydrogen (secondary N) is 1. The maximum absolute atomic E-state index is 11.7. The average molecular weight is 230 g/mol. The van der Waals surface area contributed by atoms with Gasteiger partial charge in [-0.1, -0.05) is 0 Å². The topological polar surface area (TPSA) is 102 Å². The third-order valence-corrected chi connectivity index (χ3v) is 2.94. The highest BCUT2D eigenvalue weighted by Crippen LogP contribution is 2.44. The summed E-state index contributed by atoms with van der Waals surface area (Å²) in [5.74, 6) is -1.29. The minimum atomic E-state index is -1.04. The van der Waals surface area contributed by atoms with Crippen molar-refractivity contribution in [3.8, 4) is 0 Å². The second kappa shape index (κ2) is 5.27. The van der Waals surface area contributed by atoms with Crippen LogP contribution in [0.1, 0.15) is 19.3 Å². The predicted molar refractivity (Wildman–Crippen MR) is 56.8 cm³/mol. The minimum absolute atomic E-state index is 0.251. The Hall–Kier alpha value is -1.14. The van der Waals surface area contributed by atoms with Crippen LogP contribution >= 0.6 is 0 Å². The molecule has 1 atom stereocenters. The first kappa shape index (κ1) is 12.9. The average Bonchev–Trinajstić information content (AvgIpc) is 3.04. The van der Waals surface area contributed by atoms with Crippen molar-refractivity contribution in [1.29, 1.82) is 0 Å². The molecule has 0 aromatic heterocycles. The zero-order chi connectivity index (χ0) is 12.2. The molecular formula is C10H18N2O4. The van der Waals surface area contributed by atoms with Gasteiger partial charge in [-0.05, 0) is 12.8 Å². The number of methoxy groups -OCH3 is 1. The van der Waals surface area contributed by atoms with E-state index in [-0.39, 0.29) is 18.9 Å². The molecule has 1 saturated carbocycles. The Morgan fingerprint density at radius 1 is 1.56 bits per heavy atom. The second-order valence-electron chi connectivity index (χ2n) is 4.13. The number of aliphatic carboxylic acids is 1. The van der Waals surface area contributed by atoms with Crippen molar-refractivity contribution in [3.05, 3.63) is 0 Å². The minimum Gasteiger partial charge on any atom is -0.480 e. The Bertz CT molecular complexity index is 276. The van der Waals surface area contributed by atoms with Crippen LogP contribution < -0.4 is 11.1 Å². The fourth-order valence-electron chi connectivity index (χ4n) is 1.48. The monoisotopic (exact) mass is 230 g/mol. The SMILES string of the molecule is COCCC(NC(=O)C1(CN)CC1)C(=O)O. The number of carboxylic acids is 1. The largest absolute Gasteiger partial charge is 0.480 e. The molecule has 6 nitrogen and oxygen atoms in total. The lowest BCUT2D eigenvalue weighted by atomic mass is 10.1. The van der Waals surface area contributed by atoms with E-state index in [1.54, 1.807) is 0 Å². The molecule has 1 rings (SSSR count). The van der Waals surface area contributed by atoms with Crippen molar-refractivity contribution in [2.24, 2.45) is 11.1 Å². The number of nitrogens with two attached hydrogens (primary N) is 1. The van der Waals surface area contributed by atoms with Crippen LogP contribution in [0.5, 0.6) is 0 Å². The van der Waals surface area contributed by atoms with Gasteiger partial charge in [0.05, 0.1) is 5.41 Å². The van der Waals surface area contributed by atoms with E-state index in [0.29, 0.717) is 6.61 Å². The van der Waals surface area contributed by atoms with Crippen LogP contribution in [0.25, 0.3) is 0 Å². The number of ether oxygens (including phenoxy) is 1. The van der Waals surface area contributed by atoms with Crippen molar-refractivity contribution >= 4 is 11.9 Å². The van der Waals surface area contributed by atoms with E-state index in [9.17, 15) is 9.59 Å². The van der Waals surface area contributed by atoms with Gasteiger partial charge >= 0.3 is 5.97 Å². The van der Waals surface area contributed by atoms with Crippen LogP contribution in [0.2, 0.25) is 0 Å². The van der Waals surface area contributed by atoms with Crippen molar-refractivity contribution in [3.63, 3.8) is 0 Å². The third-order valence-electron chi connectivity index (χ3n) is 2.94. The van der Waals surface area contributed by atoms with Gasteiger partial charge < -0.3 is 20.9 Å². The highest BCUT2D eigenvalue weighted by molar-refractivity contribution is 5.89. The second-order valence-corrected chi connectivity index (χ2v) is 4.13. The summed E-state index contributed by atoms with van der Waals surface area (Å²) >= 11 is 0. The van der Waals surface area contributed by atoms with Crippen molar-refractivity contribution in [2.45, 2.75) is 25.3 Å². The van der Waals surface area contributed by atoms with E-state index in [0.717, 1.165) is 12.8 Å². The lowest BCUT2D eigenvalue weighted by Gasteiger charge is -2.18. The molecule has 6 heteroatoms. The summed E-state index contributed by atoms with van der Waals surface area (Å²) in [5, 5.41) is 11.4. The zero-order valence-corrected chi connectivity index (χ0v) is 9.36. The van der Waals surface area contributed by atoms with Gasteiger partial charge in [0.1, 0.15) is 6.04 Å². The molecule has 0 aromatic rings. The van der Waals surface area contributed by atoms with E-state index in [4.69, 9.17) is 15.6 Å². The quantitative estimate of drug-likeness (QED) is 0.538.